The molecule has 0 unspecified atom stereocenters. The molecule has 2 fully saturated rings. The second-order valence-corrected chi connectivity index (χ2v) is 11.8. The molecule has 0 spiro atoms. The molecule has 0 nitrogen and oxygen atoms in total. The van der Waals surface area contributed by atoms with Crippen molar-refractivity contribution in [3.05, 3.63) is 70.8 Å². The quantitative estimate of drug-likeness (QED) is 0.314. The van der Waals surface area contributed by atoms with Crippen LogP contribution in [-0.2, 0) is 19.3 Å². The molecule has 0 N–H and O–H groups in total. The van der Waals surface area contributed by atoms with Gasteiger partial charge in [0.25, 0.3) is 0 Å². The van der Waals surface area contributed by atoms with Crippen molar-refractivity contribution in [2.75, 3.05) is 0 Å². The first-order valence-corrected chi connectivity index (χ1v) is 14.9. The summed E-state index contributed by atoms with van der Waals surface area (Å²) in [6, 6.07) is 19.2. The number of rotatable bonds is 11. The van der Waals surface area contributed by atoms with Gasteiger partial charge in [0.2, 0.25) is 0 Å². The zero-order chi connectivity index (χ0) is 23.6. The average molecular weight is 459 g/mol. The van der Waals surface area contributed by atoms with Crippen LogP contribution in [0, 0.1) is 17.8 Å². The van der Waals surface area contributed by atoms with Gasteiger partial charge < -0.3 is 0 Å². The molecule has 0 aromatic heterocycles. The summed E-state index contributed by atoms with van der Waals surface area (Å²) in [5, 5.41) is 0. The fourth-order valence-corrected chi connectivity index (χ4v) is 6.90. The van der Waals surface area contributed by atoms with Crippen LogP contribution in [0.15, 0.2) is 48.5 Å². The molecule has 0 heteroatoms. The Labute approximate surface area is 211 Å². The third kappa shape index (κ3) is 7.73. The zero-order valence-corrected chi connectivity index (χ0v) is 22.2. The van der Waals surface area contributed by atoms with Crippen molar-refractivity contribution in [2.24, 2.45) is 17.8 Å². The molecule has 4 rings (SSSR count). The maximum absolute atomic E-state index is 2.43. The van der Waals surface area contributed by atoms with E-state index in [1.165, 1.54) is 107 Å². The summed E-state index contributed by atoms with van der Waals surface area (Å²) in [6.45, 7) is 4.67. The summed E-state index contributed by atoms with van der Waals surface area (Å²) in [7, 11) is 0. The normalized spacial score (nSPS) is 25.4. The molecule has 0 atom stereocenters. The average Bonchev–Trinajstić information content (AvgIpc) is 2.89. The van der Waals surface area contributed by atoms with E-state index in [0.717, 1.165) is 36.5 Å². The Morgan fingerprint density at radius 1 is 0.471 bits per heavy atom. The highest BCUT2D eigenvalue weighted by molar-refractivity contribution is 5.28. The monoisotopic (exact) mass is 458 g/mol. The van der Waals surface area contributed by atoms with Gasteiger partial charge in [-0.05, 0) is 97.3 Å². The summed E-state index contributed by atoms with van der Waals surface area (Å²) in [5.74, 6) is 3.81. The van der Waals surface area contributed by atoms with Crippen molar-refractivity contribution in [1.29, 1.82) is 0 Å². The number of hydrogen-bond donors (Lipinski definition) is 0. The molecule has 0 radical (unpaired) electrons. The van der Waals surface area contributed by atoms with Crippen LogP contribution >= 0.6 is 0 Å². The largest absolute Gasteiger partial charge is 0.0654 e. The molecule has 0 amide bonds. The Morgan fingerprint density at radius 2 is 0.853 bits per heavy atom. The first-order chi connectivity index (χ1) is 16.7. The van der Waals surface area contributed by atoms with Crippen LogP contribution in [-0.4, -0.2) is 0 Å². The summed E-state index contributed by atoms with van der Waals surface area (Å²) in [5.41, 5.74) is 6.10. The molecule has 186 valence electrons. The second-order valence-electron chi connectivity index (χ2n) is 11.8. The van der Waals surface area contributed by atoms with E-state index in [1.807, 2.05) is 0 Å². The minimum atomic E-state index is 0.807. The number of aryl methyl sites for hydroxylation is 3. The second kappa shape index (κ2) is 13.5. The van der Waals surface area contributed by atoms with Gasteiger partial charge in [-0.25, -0.2) is 0 Å². The van der Waals surface area contributed by atoms with E-state index in [1.54, 1.807) is 5.56 Å². The lowest BCUT2D eigenvalue weighted by atomic mass is 9.77. The predicted molar refractivity (Wildman–Crippen MR) is 149 cm³/mol. The molecular formula is C34H50. The first kappa shape index (κ1) is 25.5. The summed E-state index contributed by atoms with van der Waals surface area (Å²) in [6.07, 6.45) is 22.2. The van der Waals surface area contributed by atoms with E-state index in [9.17, 15) is 0 Å². The highest BCUT2D eigenvalue weighted by Crippen LogP contribution is 2.37. The van der Waals surface area contributed by atoms with Crippen LogP contribution in [0.1, 0.15) is 125 Å². The SMILES string of the molecule is CCCC1CCC(CCc2ccc(CCc3ccc(C4CCC(CCC)CC4)cc3)cc2)CC1. The minimum Gasteiger partial charge on any atom is -0.0654 e. The summed E-state index contributed by atoms with van der Waals surface area (Å²) >= 11 is 0. The lowest BCUT2D eigenvalue weighted by Gasteiger charge is -2.28. The van der Waals surface area contributed by atoms with E-state index in [2.05, 4.69) is 62.4 Å². The van der Waals surface area contributed by atoms with Crippen molar-refractivity contribution < 1.29 is 0 Å². The van der Waals surface area contributed by atoms with Gasteiger partial charge in [-0.1, -0.05) is 114 Å². The lowest BCUT2D eigenvalue weighted by Crippen LogP contribution is -2.15. The smallest absolute Gasteiger partial charge is 0.0162 e. The molecule has 0 saturated heterocycles. The molecule has 2 aromatic rings. The lowest BCUT2D eigenvalue weighted by molar-refractivity contribution is 0.252. The van der Waals surface area contributed by atoms with E-state index >= 15 is 0 Å². The van der Waals surface area contributed by atoms with E-state index in [-0.39, 0.29) is 0 Å². The van der Waals surface area contributed by atoms with Crippen LogP contribution in [0.5, 0.6) is 0 Å². The maximum atomic E-state index is 2.43. The van der Waals surface area contributed by atoms with Gasteiger partial charge >= 0.3 is 0 Å². The first-order valence-electron chi connectivity index (χ1n) is 14.9. The van der Waals surface area contributed by atoms with Crippen LogP contribution in [0.3, 0.4) is 0 Å². The Bertz CT molecular complexity index is 798. The molecule has 2 aromatic carbocycles. The van der Waals surface area contributed by atoms with Crippen molar-refractivity contribution in [3.63, 3.8) is 0 Å². The fraction of sp³-hybridized carbons (Fsp3) is 0.647. The van der Waals surface area contributed by atoms with Gasteiger partial charge in [0.15, 0.2) is 0 Å². The Hall–Kier alpha value is -1.56. The van der Waals surface area contributed by atoms with E-state index in [0.29, 0.717) is 0 Å². The number of benzene rings is 2. The third-order valence-electron chi connectivity index (χ3n) is 9.22. The van der Waals surface area contributed by atoms with Crippen LogP contribution in [0.25, 0.3) is 0 Å². The van der Waals surface area contributed by atoms with Gasteiger partial charge in [-0.2, -0.15) is 0 Å². The van der Waals surface area contributed by atoms with E-state index < -0.39 is 0 Å². The predicted octanol–water partition coefficient (Wildman–Crippen LogP) is 10.1. The van der Waals surface area contributed by atoms with Crippen molar-refractivity contribution in [1.82, 2.24) is 0 Å². The molecule has 2 saturated carbocycles. The highest BCUT2D eigenvalue weighted by Gasteiger charge is 2.22. The molecule has 0 bridgehead atoms. The third-order valence-corrected chi connectivity index (χ3v) is 9.22. The zero-order valence-electron chi connectivity index (χ0n) is 22.2. The van der Waals surface area contributed by atoms with Gasteiger partial charge in [-0.3, -0.25) is 0 Å². The molecule has 34 heavy (non-hydrogen) atoms. The molecule has 2 aliphatic rings. The van der Waals surface area contributed by atoms with E-state index in [4.69, 9.17) is 0 Å². The molecular weight excluding hydrogens is 408 g/mol. The standard InChI is InChI=1S/C34H50/c1-3-5-27-7-9-29(10-8-27)11-12-30-13-15-31(16-14-30)17-18-32-21-25-34(26-22-32)33-23-19-28(6-4-2)20-24-33/h13-16,21-22,25-29,33H,3-12,17-20,23-24H2,1-2H3. The maximum Gasteiger partial charge on any atom is -0.0162 e. The topological polar surface area (TPSA) is 0 Å². The fourth-order valence-electron chi connectivity index (χ4n) is 6.90. The van der Waals surface area contributed by atoms with Crippen LogP contribution in [0.2, 0.25) is 0 Å². The van der Waals surface area contributed by atoms with Gasteiger partial charge in [0.05, 0.1) is 0 Å². The Balaban J connectivity index is 1.17. The van der Waals surface area contributed by atoms with Gasteiger partial charge in [0, 0.05) is 0 Å². The van der Waals surface area contributed by atoms with Crippen LogP contribution in [0.4, 0.5) is 0 Å². The Morgan fingerprint density at radius 3 is 1.32 bits per heavy atom. The molecule has 2 aliphatic carbocycles. The molecule has 0 heterocycles. The van der Waals surface area contributed by atoms with Crippen molar-refractivity contribution in [2.45, 2.75) is 122 Å². The molecule has 0 aliphatic heterocycles. The minimum absolute atomic E-state index is 0.807. The summed E-state index contributed by atoms with van der Waals surface area (Å²) < 4.78 is 0. The Kier molecular flexibility index (Phi) is 10.1. The van der Waals surface area contributed by atoms with Gasteiger partial charge in [-0.15, -0.1) is 0 Å². The van der Waals surface area contributed by atoms with Crippen LogP contribution < -0.4 is 0 Å². The summed E-state index contributed by atoms with van der Waals surface area (Å²) in [4.78, 5) is 0. The highest BCUT2D eigenvalue weighted by atomic mass is 14.3. The number of hydrogen-bond acceptors (Lipinski definition) is 0. The van der Waals surface area contributed by atoms with Crippen molar-refractivity contribution in [3.8, 4) is 0 Å². The van der Waals surface area contributed by atoms with Gasteiger partial charge in [0.1, 0.15) is 0 Å². The van der Waals surface area contributed by atoms with Crippen molar-refractivity contribution >= 4 is 0 Å².